The molecule has 5 aliphatic heterocycles. The monoisotopic (exact) mass is 914 g/mol. The van der Waals surface area contributed by atoms with Crippen molar-refractivity contribution in [2.45, 2.75) is 191 Å². The molecule has 19 nitrogen and oxygen atoms in total. The molecule has 5 saturated heterocycles. The molecule has 0 spiro atoms. The largest absolute Gasteiger partial charge is 0.352 e. The average Bonchev–Trinajstić information content (AvgIpc) is 4.14. The van der Waals surface area contributed by atoms with Crippen molar-refractivity contribution in [1.29, 1.82) is 0 Å². The van der Waals surface area contributed by atoms with E-state index in [-0.39, 0.29) is 48.1 Å². The summed E-state index contributed by atoms with van der Waals surface area (Å²) in [6, 6.07) is -6.25. The Bertz CT molecular complexity index is 1680. The Kier molecular flexibility index (Phi) is 19.8. The van der Waals surface area contributed by atoms with Crippen molar-refractivity contribution in [2.75, 3.05) is 45.8 Å². The van der Waals surface area contributed by atoms with E-state index >= 15 is 0 Å². The third-order valence-corrected chi connectivity index (χ3v) is 13.8. The summed E-state index contributed by atoms with van der Waals surface area (Å²) in [7, 11) is 0. The number of hydrogen-bond acceptors (Lipinski definition) is 11. The number of carbonyl (C=O) groups excluding carboxylic acids is 8. The molecule has 0 saturated carbocycles. The molecular formula is C46H79N11O8. The second kappa shape index (κ2) is 25.0. The van der Waals surface area contributed by atoms with E-state index in [4.69, 9.17) is 11.5 Å². The fourth-order valence-electron chi connectivity index (χ4n) is 10.3. The van der Waals surface area contributed by atoms with Crippen LogP contribution >= 0.6 is 0 Å². The normalized spacial score (nSPS) is 25.1. The number of nitrogens with zero attached hydrogens (tertiary/aromatic N) is 4. The maximum absolute atomic E-state index is 14.4. The Morgan fingerprint density at radius 2 is 1.05 bits per heavy atom. The summed E-state index contributed by atoms with van der Waals surface area (Å²) in [5.41, 5.74) is 11.4. The highest BCUT2D eigenvalue weighted by atomic mass is 16.2. The van der Waals surface area contributed by atoms with E-state index in [1.807, 2.05) is 20.8 Å². The first-order chi connectivity index (χ1) is 31.2. The quantitative estimate of drug-likeness (QED) is 0.0711. The lowest BCUT2D eigenvalue weighted by molar-refractivity contribution is -0.148. The van der Waals surface area contributed by atoms with E-state index in [9.17, 15) is 38.4 Å². The highest BCUT2D eigenvalue weighted by molar-refractivity contribution is 5.98. The summed E-state index contributed by atoms with van der Waals surface area (Å²) in [4.78, 5) is 117. The van der Waals surface area contributed by atoms with Gasteiger partial charge in [0.1, 0.15) is 42.3 Å². The van der Waals surface area contributed by atoms with Gasteiger partial charge in [-0.15, -0.1) is 0 Å². The summed E-state index contributed by atoms with van der Waals surface area (Å²) in [6.07, 6.45) is 10.4. The summed E-state index contributed by atoms with van der Waals surface area (Å²) in [5.74, 6) is -2.79. The van der Waals surface area contributed by atoms with Gasteiger partial charge in [-0.2, -0.15) is 0 Å². The van der Waals surface area contributed by atoms with Gasteiger partial charge in [0, 0.05) is 32.2 Å². The van der Waals surface area contributed by atoms with Gasteiger partial charge in [-0.1, -0.05) is 20.3 Å². The van der Waals surface area contributed by atoms with Crippen LogP contribution < -0.4 is 38.1 Å². The molecule has 5 heterocycles. The van der Waals surface area contributed by atoms with Gasteiger partial charge in [0.15, 0.2) is 0 Å². The number of carbonyl (C=O) groups is 8. The second-order valence-electron chi connectivity index (χ2n) is 19.4. The molecule has 0 aromatic rings. The van der Waals surface area contributed by atoms with Gasteiger partial charge < -0.3 is 57.7 Å². The van der Waals surface area contributed by atoms with E-state index in [1.165, 1.54) is 16.7 Å². The lowest BCUT2D eigenvalue weighted by Crippen LogP contribution is -2.59. The molecule has 8 amide bonds. The maximum atomic E-state index is 14.4. The first kappa shape index (κ1) is 51.6. The molecule has 366 valence electrons. The molecular weight excluding hydrogens is 835 g/mol. The van der Waals surface area contributed by atoms with E-state index in [1.54, 1.807) is 9.80 Å². The molecule has 19 heteroatoms. The Labute approximate surface area is 385 Å². The smallest absolute Gasteiger partial charge is 0.246 e. The zero-order valence-corrected chi connectivity index (χ0v) is 39.5. The van der Waals surface area contributed by atoms with Crippen molar-refractivity contribution in [3.63, 3.8) is 0 Å². The summed E-state index contributed by atoms with van der Waals surface area (Å²) < 4.78 is 0. The Balaban J connectivity index is 1.18. The van der Waals surface area contributed by atoms with Gasteiger partial charge in [-0.3, -0.25) is 38.4 Å². The Morgan fingerprint density at radius 3 is 1.58 bits per heavy atom. The van der Waals surface area contributed by atoms with E-state index in [2.05, 4.69) is 26.6 Å². The van der Waals surface area contributed by atoms with Gasteiger partial charge >= 0.3 is 0 Å². The van der Waals surface area contributed by atoms with Gasteiger partial charge in [0.2, 0.25) is 47.3 Å². The fraction of sp³-hybridized carbons (Fsp3) is 0.826. The van der Waals surface area contributed by atoms with Crippen LogP contribution in [0.2, 0.25) is 0 Å². The van der Waals surface area contributed by atoms with Crippen molar-refractivity contribution in [2.24, 2.45) is 17.4 Å². The van der Waals surface area contributed by atoms with Crippen LogP contribution in [-0.4, -0.2) is 167 Å². The van der Waals surface area contributed by atoms with Crippen molar-refractivity contribution in [3.8, 4) is 0 Å². The molecule has 5 aliphatic rings. The lowest BCUT2D eigenvalue weighted by atomic mass is 10.0. The molecule has 5 rings (SSSR count). The van der Waals surface area contributed by atoms with Crippen molar-refractivity contribution in [3.05, 3.63) is 0 Å². The summed E-state index contributed by atoms with van der Waals surface area (Å²) in [5, 5.41) is 14.8. The molecule has 0 bridgehead atoms. The molecule has 0 aromatic carbocycles. The molecule has 0 aromatic heterocycles. The molecule has 5 fully saturated rings. The van der Waals surface area contributed by atoms with Crippen LogP contribution in [0.25, 0.3) is 0 Å². The molecule has 9 atom stereocenters. The lowest BCUT2D eigenvalue weighted by Gasteiger charge is -2.34. The van der Waals surface area contributed by atoms with Crippen molar-refractivity contribution >= 4 is 47.3 Å². The van der Waals surface area contributed by atoms with E-state index in [0.29, 0.717) is 110 Å². The minimum absolute atomic E-state index is 0.00831. The maximum Gasteiger partial charge on any atom is 0.246 e. The molecule has 0 aliphatic carbocycles. The van der Waals surface area contributed by atoms with Crippen LogP contribution in [0.1, 0.15) is 137 Å². The minimum Gasteiger partial charge on any atom is -0.352 e. The van der Waals surface area contributed by atoms with Gasteiger partial charge in [-0.05, 0) is 142 Å². The van der Waals surface area contributed by atoms with Crippen molar-refractivity contribution in [1.82, 2.24) is 46.2 Å². The van der Waals surface area contributed by atoms with E-state index < -0.39 is 65.9 Å². The average molecular weight is 914 g/mol. The number of likely N-dealkylation sites (tertiary alicyclic amines) is 4. The highest BCUT2D eigenvalue weighted by Gasteiger charge is 2.46. The van der Waals surface area contributed by atoms with Gasteiger partial charge in [0.05, 0.1) is 6.04 Å². The summed E-state index contributed by atoms with van der Waals surface area (Å²) >= 11 is 0. The first-order valence-corrected chi connectivity index (χ1v) is 24.7. The molecule has 65 heavy (non-hydrogen) atoms. The number of amides is 8. The second-order valence-corrected chi connectivity index (χ2v) is 19.4. The number of nitrogens with two attached hydrogens (primary N) is 2. The van der Waals surface area contributed by atoms with Crippen LogP contribution in [0.15, 0.2) is 0 Å². The number of unbranched alkanes of at least 4 members (excludes halogenated alkanes) is 2. The highest BCUT2D eigenvalue weighted by Crippen LogP contribution is 2.28. The van der Waals surface area contributed by atoms with Crippen LogP contribution in [0.3, 0.4) is 0 Å². The Hall–Kier alpha value is -4.36. The molecule has 0 radical (unpaired) electrons. The fourth-order valence-corrected chi connectivity index (χ4v) is 10.3. The van der Waals surface area contributed by atoms with Crippen LogP contribution in [0.4, 0.5) is 0 Å². The van der Waals surface area contributed by atoms with E-state index in [0.717, 1.165) is 38.6 Å². The molecule has 9 N–H and O–H groups in total. The van der Waals surface area contributed by atoms with Crippen LogP contribution in [0, 0.1) is 5.92 Å². The first-order valence-electron chi connectivity index (χ1n) is 24.7. The van der Waals surface area contributed by atoms with Gasteiger partial charge in [-0.25, -0.2) is 0 Å². The summed E-state index contributed by atoms with van der Waals surface area (Å²) in [6.45, 7) is 10.6. The third-order valence-electron chi connectivity index (χ3n) is 13.8. The number of nitrogens with one attached hydrogen (secondary N) is 5. The number of hydrogen-bond donors (Lipinski definition) is 7. The SMILES string of the molecule is CC(C)C[C@H](NC(=O)[C@H](C)NC(=O)[C@@H]1CCCN1C(=O)[C@@H]1CCCN1C(=O)[C@@H]1CCCN1)C(=O)N1CCC[C@H]1C(=O)N1CCC[C@H]1C(=O)N[C@@H](CCCCN)C(=O)N[C@H](C)CCCCN. The zero-order valence-electron chi connectivity index (χ0n) is 39.5. The molecule has 0 unspecified atom stereocenters. The standard InChI is InChI=1S/C46H79N11O8/c1-29(2)28-34(53-39(58)31(4)51-41(60)35-17-10-24-54(35)45(64)37-19-12-26-56(37)43(62)33-16-9-23-49-33)44(63)57-27-13-20-38(57)46(65)55-25-11-18-36(55)42(61)52-32(15-6-8-22-48)40(59)50-30(3)14-5-7-21-47/h29-38,49H,5-28,47-48H2,1-4H3,(H,50,59)(H,51,60)(H,52,61)(H,53,58)/t30-,31+,32+,33+,34+,35+,36+,37+,38+/m1/s1. The number of rotatable bonds is 22. The minimum atomic E-state index is -1.04. The van der Waals surface area contributed by atoms with Crippen LogP contribution in [0.5, 0.6) is 0 Å². The predicted octanol–water partition coefficient (Wildman–Crippen LogP) is -0.0145. The van der Waals surface area contributed by atoms with Crippen LogP contribution in [-0.2, 0) is 38.4 Å². The zero-order chi connectivity index (χ0) is 47.2. The van der Waals surface area contributed by atoms with Gasteiger partial charge in [0.25, 0.3) is 0 Å². The topological polar surface area (TPSA) is 262 Å². The Morgan fingerprint density at radius 1 is 0.538 bits per heavy atom. The third kappa shape index (κ3) is 13.6. The van der Waals surface area contributed by atoms with Crippen molar-refractivity contribution < 1.29 is 38.4 Å². The predicted molar refractivity (Wildman–Crippen MR) is 244 cm³/mol.